The molecule has 2 N–H and O–H groups in total. The van der Waals surface area contributed by atoms with Crippen LogP contribution in [0.3, 0.4) is 0 Å². The number of nitrogens with one attached hydrogen (secondary N) is 2. The molecule has 2 rings (SSSR count). The van der Waals surface area contributed by atoms with Gasteiger partial charge in [0.05, 0.1) is 12.1 Å². The van der Waals surface area contributed by atoms with Crippen molar-refractivity contribution in [1.29, 1.82) is 0 Å². The summed E-state index contributed by atoms with van der Waals surface area (Å²) in [5.41, 5.74) is 0.619. The lowest BCUT2D eigenvalue weighted by molar-refractivity contribution is 0.215. The van der Waals surface area contributed by atoms with Crippen molar-refractivity contribution in [2.45, 2.75) is 39.8 Å². The van der Waals surface area contributed by atoms with Crippen molar-refractivity contribution in [2.24, 2.45) is 12.5 Å². The SMILES string of the molecule is C[C@H](NC(=O)N[C@@H](c1ccc(F)cc1)C(C)(C)C)c1nncn1C. The average molecular weight is 333 g/mol. The van der Waals surface area contributed by atoms with E-state index in [1.54, 1.807) is 23.0 Å². The van der Waals surface area contributed by atoms with Crippen molar-refractivity contribution in [3.63, 3.8) is 0 Å². The number of benzene rings is 1. The van der Waals surface area contributed by atoms with Crippen molar-refractivity contribution in [3.05, 3.63) is 47.8 Å². The first-order valence-electron chi connectivity index (χ1n) is 7.85. The fourth-order valence-electron chi connectivity index (χ4n) is 2.57. The first-order chi connectivity index (χ1) is 11.2. The second-order valence-corrected chi connectivity index (χ2v) is 6.99. The maximum atomic E-state index is 13.2. The molecule has 0 saturated carbocycles. The second-order valence-electron chi connectivity index (χ2n) is 6.99. The van der Waals surface area contributed by atoms with Crippen LogP contribution >= 0.6 is 0 Å². The molecule has 0 unspecified atom stereocenters. The normalized spacial score (nSPS) is 14.1. The highest BCUT2D eigenvalue weighted by atomic mass is 19.1. The van der Waals surface area contributed by atoms with E-state index < -0.39 is 0 Å². The Balaban J connectivity index is 2.10. The van der Waals surface area contributed by atoms with E-state index in [1.807, 2.05) is 34.7 Å². The van der Waals surface area contributed by atoms with Gasteiger partial charge in [0, 0.05) is 7.05 Å². The van der Waals surface area contributed by atoms with E-state index >= 15 is 0 Å². The average Bonchev–Trinajstić information content (AvgIpc) is 2.91. The minimum atomic E-state index is -0.310. The summed E-state index contributed by atoms with van der Waals surface area (Å²) < 4.78 is 14.9. The summed E-state index contributed by atoms with van der Waals surface area (Å²) in [6.45, 7) is 7.90. The van der Waals surface area contributed by atoms with E-state index in [9.17, 15) is 9.18 Å². The van der Waals surface area contributed by atoms with E-state index in [0.717, 1.165) is 5.56 Å². The van der Waals surface area contributed by atoms with Crippen molar-refractivity contribution in [2.75, 3.05) is 0 Å². The predicted molar refractivity (Wildman–Crippen MR) is 89.7 cm³/mol. The number of halogens is 1. The number of nitrogens with zero attached hydrogens (tertiary/aromatic N) is 3. The molecule has 2 amide bonds. The fraction of sp³-hybridized carbons (Fsp3) is 0.471. The molecule has 0 fully saturated rings. The van der Waals surface area contributed by atoms with Gasteiger partial charge in [-0.1, -0.05) is 32.9 Å². The van der Waals surface area contributed by atoms with E-state index in [0.29, 0.717) is 5.82 Å². The summed E-state index contributed by atoms with van der Waals surface area (Å²) in [5.74, 6) is 0.367. The van der Waals surface area contributed by atoms with Gasteiger partial charge in [-0.3, -0.25) is 0 Å². The molecule has 6 nitrogen and oxygen atoms in total. The molecule has 0 aliphatic carbocycles. The third kappa shape index (κ3) is 4.31. The van der Waals surface area contributed by atoms with Gasteiger partial charge in [0.15, 0.2) is 5.82 Å². The minimum absolute atomic E-state index is 0.233. The topological polar surface area (TPSA) is 71.8 Å². The molecule has 0 bridgehead atoms. The summed E-state index contributed by atoms with van der Waals surface area (Å²) >= 11 is 0. The standard InChI is InChI=1S/C17H24FN5O/c1-11(15-22-19-10-23(15)5)20-16(24)21-14(17(2,3)4)12-6-8-13(18)9-7-12/h6-11,14H,1-5H3,(H2,20,21,24)/t11-,14-/m0/s1. The van der Waals surface area contributed by atoms with Crippen LogP contribution in [-0.2, 0) is 7.05 Å². The van der Waals surface area contributed by atoms with Crippen LogP contribution in [0.2, 0.25) is 0 Å². The third-order valence-electron chi connectivity index (χ3n) is 3.83. The molecule has 1 heterocycles. The van der Waals surface area contributed by atoms with Gasteiger partial charge in [0.2, 0.25) is 0 Å². The number of hydrogen-bond donors (Lipinski definition) is 2. The molecule has 7 heteroatoms. The number of urea groups is 1. The minimum Gasteiger partial charge on any atom is -0.331 e. The van der Waals surface area contributed by atoms with Gasteiger partial charge in [-0.05, 0) is 30.0 Å². The number of rotatable bonds is 4. The van der Waals surface area contributed by atoms with E-state index in [2.05, 4.69) is 20.8 Å². The number of aryl methyl sites for hydroxylation is 1. The number of aromatic nitrogens is 3. The summed E-state index contributed by atoms with van der Waals surface area (Å²) in [5, 5.41) is 13.6. The first-order valence-corrected chi connectivity index (χ1v) is 7.85. The van der Waals surface area contributed by atoms with Crippen molar-refractivity contribution >= 4 is 6.03 Å². The number of amides is 2. The lowest BCUT2D eigenvalue weighted by Gasteiger charge is -2.32. The highest BCUT2D eigenvalue weighted by molar-refractivity contribution is 5.75. The molecule has 24 heavy (non-hydrogen) atoms. The van der Waals surface area contributed by atoms with Gasteiger partial charge in [0.1, 0.15) is 12.1 Å². The maximum absolute atomic E-state index is 13.2. The van der Waals surface area contributed by atoms with Crippen molar-refractivity contribution < 1.29 is 9.18 Å². The van der Waals surface area contributed by atoms with Crippen LogP contribution in [0.25, 0.3) is 0 Å². The van der Waals surface area contributed by atoms with Crippen LogP contribution < -0.4 is 10.6 Å². The Bertz CT molecular complexity index is 690. The fourth-order valence-corrected chi connectivity index (χ4v) is 2.57. The molecule has 1 aromatic heterocycles. The Labute approximate surface area is 141 Å². The molecule has 0 aliphatic rings. The van der Waals surface area contributed by atoms with Gasteiger partial charge in [-0.15, -0.1) is 10.2 Å². The summed E-state index contributed by atoms with van der Waals surface area (Å²) in [6.07, 6.45) is 1.59. The van der Waals surface area contributed by atoms with Crippen LogP contribution in [0.4, 0.5) is 9.18 Å². The van der Waals surface area contributed by atoms with Gasteiger partial charge in [0.25, 0.3) is 0 Å². The molecular weight excluding hydrogens is 309 g/mol. The van der Waals surface area contributed by atoms with E-state index in [-0.39, 0.29) is 29.3 Å². The largest absolute Gasteiger partial charge is 0.331 e. The summed E-state index contributed by atoms with van der Waals surface area (Å²) in [6, 6.07) is 5.33. The zero-order chi connectivity index (χ0) is 17.9. The molecule has 130 valence electrons. The number of carbonyl (C=O) groups is 1. The quantitative estimate of drug-likeness (QED) is 0.903. The van der Waals surface area contributed by atoms with Crippen LogP contribution in [0, 0.1) is 11.2 Å². The van der Waals surface area contributed by atoms with E-state index in [4.69, 9.17) is 0 Å². The lowest BCUT2D eigenvalue weighted by Crippen LogP contribution is -2.43. The van der Waals surface area contributed by atoms with Crippen LogP contribution in [0.15, 0.2) is 30.6 Å². The van der Waals surface area contributed by atoms with Gasteiger partial charge < -0.3 is 15.2 Å². The number of hydrogen-bond acceptors (Lipinski definition) is 3. The van der Waals surface area contributed by atoms with Crippen LogP contribution in [0.1, 0.15) is 51.2 Å². The molecule has 0 saturated heterocycles. The molecule has 2 aromatic rings. The maximum Gasteiger partial charge on any atom is 0.315 e. The highest BCUT2D eigenvalue weighted by Gasteiger charge is 2.28. The summed E-state index contributed by atoms with van der Waals surface area (Å²) in [7, 11) is 1.82. The lowest BCUT2D eigenvalue weighted by atomic mass is 9.82. The Morgan fingerprint density at radius 2 is 1.83 bits per heavy atom. The zero-order valence-electron chi connectivity index (χ0n) is 14.7. The number of carbonyl (C=O) groups excluding carboxylic acids is 1. The Morgan fingerprint density at radius 3 is 2.33 bits per heavy atom. The monoisotopic (exact) mass is 333 g/mol. The first kappa shape index (κ1) is 17.9. The molecule has 2 atom stereocenters. The Morgan fingerprint density at radius 1 is 1.21 bits per heavy atom. The zero-order valence-corrected chi connectivity index (χ0v) is 14.7. The van der Waals surface area contributed by atoms with Gasteiger partial charge in [-0.25, -0.2) is 9.18 Å². The molecule has 0 radical (unpaired) electrons. The molecule has 0 spiro atoms. The van der Waals surface area contributed by atoms with Crippen molar-refractivity contribution in [3.8, 4) is 0 Å². The Kier molecular flexibility index (Phi) is 5.21. The molecule has 1 aromatic carbocycles. The van der Waals surface area contributed by atoms with Crippen LogP contribution in [-0.4, -0.2) is 20.8 Å². The Hall–Kier alpha value is -2.44. The predicted octanol–water partition coefficient (Wildman–Crippen LogP) is 3.10. The van der Waals surface area contributed by atoms with Crippen LogP contribution in [0.5, 0.6) is 0 Å². The summed E-state index contributed by atoms with van der Waals surface area (Å²) in [4.78, 5) is 12.4. The van der Waals surface area contributed by atoms with Crippen molar-refractivity contribution in [1.82, 2.24) is 25.4 Å². The highest BCUT2D eigenvalue weighted by Crippen LogP contribution is 2.32. The van der Waals surface area contributed by atoms with Gasteiger partial charge >= 0.3 is 6.03 Å². The van der Waals surface area contributed by atoms with Gasteiger partial charge in [-0.2, -0.15) is 0 Å². The smallest absolute Gasteiger partial charge is 0.315 e. The third-order valence-corrected chi connectivity index (χ3v) is 3.83. The molecule has 0 aliphatic heterocycles. The second kappa shape index (κ2) is 6.98. The molecular formula is C17H24FN5O. The van der Waals surface area contributed by atoms with E-state index in [1.165, 1.54) is 12.1 Å².